The van der Waals surface area contributed by atoms with Crippen molar-refractivity contribution in [1.82, 2.24) is 9.97 Å². The van der Waals surface area contributed by atoms with E-state index < -0.39 is 0 Å². The summed E-state index contributed by atoms with van der Waals surface area (Å²) in [6.45, 7) is 0.534. The number of aromatic nitrogens is 2. The van der Waals surface area contributed by atoms with Gasteiger partial charge in [0.05, 0.1) is 0 Å². The highest BCUT2D eigenvalue weighted by Crippen LogP contribution is 2.25. The Balaban J connectivity index is 1.71. The largest absolute Gasteiger partial charge is 0.350 e. The first-order valence-corrected chi connectivity index (χ1v) is 8.27. The van der Waals surface area contributed by atoms with Crippen LogP contribution in [0.5, 0.6) is 0 Å². The summed E-state index contributed by atoms with van der Waals surface area (Å²) in [6.07, 6.45) is 1.66. The maximum Gasteiger partial charge on any atom is 0.224 e. The van der Waals surface area contributed by atoms with Crippen molar-refractivity contribution in [2.75, 3.05) is 10.6 Å². The number of nitrogens with one attached hydrogen (secondary N) is 2. The molecule has 0 bridgehead atoms. The summed E-state index contributed by atoms with van der Waals surface area (Å²) in [4.78, 5) is 8.61. The number of hydrogen-bond donors (Lipinski definition) is 2. The number of benzene rings is 2. The van der Waals surface area contributed by atoms with Crippen LogP contribution >= 0.6 is 34.8 Å². The van der Waals surface area contributed by atoms with Gasteiger partial charge in [0.25, 0.3) is 0 Å². The van der Waals surface area contributed by atoms with Crippen LogP contribution in [0.1, 0.15) is 5.56 Å². The SMILES string of the molecule is Clc1cc(Cl)cc(Nc2ccnc(NCc3ccccc3Cl)n2)c1. The lowest BCUT2D eigenvalue weighted by Crippen LogP contribution is -2.05. The van der Waals surface area contributed by atoms with Crippen LogP contribution in [0.15, 0.2) is 54.7 Å². The van der Waals surface area contributed by atoms with E-state index in [1.54, 1.807) is 30.5 Å². The lowest BCUT2D eigenvalue weighted by Gasteiger charge is -2.10. The molecule has 0 aliphatic carbocycles. The van der Waals surface area contributed by atoms with Crippen LogP contribution < -0.4 is 10.6 Å². The van der Waals surface area contributed by atoms with E-state index in [0.717, 1.165) is 11.3 Å². The van der Waals surface area contributed by atoms with Crippen LogP contribution in [-0.4, -0.2) is 9.97 Å². The molecule has 2 N–H and O–H groups in total. The van der Waals surface area contributed by atoms with Gasteiger partial charge >= 0.3 is 0 Å². The molecule has 0 unspecified atom stereocenters. The lowest BCUT2D eigenvalue weighted by molar-refractivity contribution is 1.06. The summed E-state index contributed by atoms with van der Waals surface area (Å²) in [6, 6.07) is 14.6. The maximum atomic E-state index is 6.14. The Bertz CT molecular complexity index is 834. The van der Waals surface area contributed by atoms with Crippen molar-refractivity contribution in [3.8, 4) is 0 Å². The van der Waals surface area contributed by atoms with Gasteiger partial charge in [0.2, 0.25) is 5.95 Å². The van der Waals surface area contributed by atoms with E-state index >= 15 is 0 Å². The topological polar surface area (TPSA) is 49.8 Å². The van der Waals surface area contributed by atoms with E-state index in [1.807, 2.05) is 24.3 Å². The molecular formula is C17H13Cl3N4. The van der Waals surface area contributed by atoms with Gasteiger partial charge in [-0.1, -0.05) is 53.0 Å². The van der Waals surface area contributed by atoms with Gasteiger partial charge in [0.15, 0.2) is 0 Å². The highest BCUT2D eigenvalue weighted by atomic mass is 35.5. The molecular weight excluding hydrogens is 367 g/mol. The Kier molecular flexibility index (Phi) is 5.41. The minimum Gasteiger partial charge on any atom is -0.350 e. The fourth-order valence-corrected chi connectivity index (χ4v) is 2.83. The zero-order valence-electron chi connectivity index (χ0n) is 12.4. The Morgan fingerprint density at radius 1 is 0.917 bits per heavy atom. The third kappa shape index (κ3) is 4.51. The summed E-state index contributed by atoms with van der Waals surface area (Å²) < 4.78 is 0. The van der Waals surface area contributed by atoms with Gasteiger partial charge in [0, 0.05) is 33.5 Å². The quantitative estimate of drug-likeness (QED) is 0.589. The monoisotopic (exact) mass is 378 g/mol. The van der Waals surface area contributed by atoms with Gasteiger partial charge < -0.3 is 10.6 Å². The Labute approximate surface area is 154 Å². The number of hydrogen-bond acceptors (Lipinski definition) is 4. The van der Waals surface area contributed by atoms with E-state index in [-0.39, 0.29) is 0 Å². The predicted octanol–water partition coefficient (Wildman–Crippen LogP) is 5.79. The van der Waals surface area contributed by atoms with Gasteiger partial charge in [-0.05, 0) is 35.9 Å². The smallest absolute Gasteiger partial charge is 0.224 e. The highest BCUT2D eigenvalue weighted by Gasteiger charge is 2.04. The van der Waals surface area contributed by atoms with E-state index in [4.69, 9.17) is 34.8 Å². The van der Waals surface area contributed by atoms with Gasteiger partial charge in [-0.25, -0.2) is 4.98 Å². The minimum absolute atomic E-state index is 0.494. The summed E-state index contributed by atoms with van der Waals surface area (Å²) in [7, 11) is 0. The van der Waals surface area contributed by atoms with Crippen molar-refractivity contribution in [1.29, 1.82) is 0 Å². The zero-order chi connectivity index (χ0) is 16.9. The molecule has 0 atom stereocenters. The van der Waals surface area contributed by atoms with Crippen molar-refractivity contribution in [2.24, 2.45) is 0 Å². The molecule has 0 aliphatic rings. The molecule has 2 aromatic carbocycles. The van der Waals surface area contributed by atoms with E-state index in [1.165, 1.54) is 0 Å². The molecule has 1 aromatic heterocycles. The van der Waals surface area contributed by atoms with Crippen LogP contribution in [0.25, 0.3) is 0 Å². The Morgan fingerprint density at radius 2 is 1.67 bits per heavy atom. The summed E-state index contributed by atoms with van der Waals surface area (Å²) in [5, 5.41) is 8.11. The van der Waals surface area contributed by atoms with Crippen LogP contribution in [-0.2, 0) is 6.54 Å². The lowest BCUT2D eigenvalue weighted by atomic mass is 10.2. The number of halogens is 3. The molecule has 7 heteroatoms. The summed E-state index contributed by atoms with van der Waals surface area (Å²) in [5.74, 6) is 1.12. The Hall–Kier alpha value is -2.01. The first-order chi connectivity index (χ1) is 11.6. The molecule has 0 saturated heterocycles. The molecule has 3 rings (SSSR count). The fraction of sp³-hybridized carbons (Fsp3) is 0.0588. The number of anilines is 3. The third-order valence-corrected chi connectivity index (χ3v) is 3.99. The molecule has 24 heavy (non-hydrogen) atoms. The van der Waals surface area contributed by atoms with E-state index in [2.05, 4.69) is 20.6 Å². The van der Waals surface area contributed by atoms with Crippen LogP contribution in [0.3, 0.4) is 0 Å². The summed E-state index contributed by atoms with van der Waals surface area (Å²) in [5.41, 5.74) is 1.73. The molecule has 4 nitrogen and oxygen atoms in total. The predicted molar refractivity (Wildman–Crippen MR) is 101 cm³/mol. The second kappa shape index (κ2) is 7.71. The first kappa shape index (κ1) is 16.8. The molecule has 122 valence electrons. The molecule has 0 saturated carbocycles. The normalized spacial score (nSPS) is 10.5. The second-order valence-electron chi connectivity index (χ2n) is 4.99. The molecule has 0 fully saturated rings. The molecule has 3 aromatic rings. The number of rotatable bonds is 5. The van der Waals surface area contributed by atoms with Crippen LogP contribution in [0.4, 0.5) is 17.5 Å². The van der Waals surface area contributed by atoms with Gasteiger partial charge in [-0.3, -0.25) is 0 Å². The minimum atomic E-state index is 0.494. The van der Waals surface area contributed by atoms with Crippen molar-refractivity contribution in [2.45, 2.75) is 6.54 Å². The highest BCUT2D eigenvalue weighted by molar-refractivity contribution is 6.35. The van der Waals surface area contributed by atoms with Crippen molar-refractivity contribution >= 4 is 52.3 Å². The van der Waals surface area contributed by atoms with Gasteiger partial charge in [-0.2, -0.15) is 4.98 Å². The molecule has 0 radical (unpaired) electrons. The standard InChI is InChI=1S/C17H13Cl3N4/c18-12-7-13(19)9-14(8-12)23-16-5-6-21-17(24-16)22-10-11-3-1-2-4-15(11)20/h1-9H,10H2,(H2,21,22,23,24). The van der Waals surface area contributed by atoms with Gasteiger partial charge in [-0.15, -0.1) is 0 Å². The molecule has 1 heterocycles. The van der Waals surface area contributed by atoms with Crippen molar-refractivity contribution < 1.29 is 0 Å². The zero-order valence-corrected chi connectivity index (χ0v) is 14.7. The molecule has 0 aliphatic heterocycles. The number of nitrogens with zero attached hydrogens (tertiary/aromatic N) is 2. The maximum absolute atomic E-state index is 6.14. The average Bonchev–Trinajstić information content (AvgIpc) is 2.53. The van der Waals surface area contributed by atoms with E-state index in [9.17, 15) is 0 Å². The van der Waals surface area contributed by atoms with Crippen molar-refractivity contribution in [3.05, 3.63) is 75.4 Å². The van der Waals surface area contributed by atoms with E-state index in [0.29, 0.717) is 33.4 Å². The average molecular weight is 380 g/mol. The van der Waals surface area contributed by atoms with Crippen molar-refractivity contribution in [3.63, 3.8) is 0 Å². The molecule has 0 spiro atoms. The molecule has 0 amide bonds. The third-order valence-electron chi connectivity index (χ3n) is 3.19. The summed E-state index contributed by atoms with van der Waals surface area (Å²) >= 11 is 18.1. The fourth-order valence-electron chi connectivity index (χ4n) is 2.10. The van der Waals surface area contributed by atoms with Crippen LogP contribution in [0, 0.1) is 0 Å². The van der Waals surface area contributed by atoms with Crippen LogP contribution in [0.2, 0.25) is 15.1 Å². The van der Waals surface area contributed by atoms with Gasteiger partial charge in [0.1, 0.15) is 5.82 Å². The first-order valence-electron chi connectivity index (χ1n) is 7.13. The Morgan fingerprint density at radius 3 is 2.42 bits per heavy atom. The second-order valence-corrected chi connectivity index (χ2v) is 6.27.